The maximum Gasteiger partial charge on any atom is 0.387 e. The summed E-state index contributed by atoms with van der Waals surface area (Å²) in [7, 11) is -0.239. The molecule has 0 radical (unpaired) electrons. The number of hydrogen-bond donors (Lipinski definition) is 1. The van der Waals surface area contributed by atoms with Gasteiger partial charge >= 0.3 is 6.61 Å². The largest absolute Gasteiger partial charge is 0.598 e. The Morgan fingerprint density at radius 2 is 1.74 bits per heavy atom. The summed E-state index contributed by atoms with van der Waals surface area (Å²) in [6.07, 6.45) is 5.46. The summed E-state index contributed by atoms with van der Waals surface area (Å²) in [5.74, 6) is 1.04. The zero-order valence-corrected chi connectivity index (χ0v) is 34.0. The first-order chi connectivity index (χ1) is 24.6. The molecule has 2 aromatic carbocycles. The van der Waals surface area contributed by atoms with Crippen LogP contribution in [0.15, 0.2) is 48.8 Å². The topological polar surface area (TPSA) is 117 Å². The number of aromatic nitrogens is 4. The Balaban J connectivity index is 1.22. The number of rotatable bonds is 9. The Kier molecular flexibility index (Phi) is 9.16. The van der Waals surface area contributed by atoms with Gasteiger partial charge in [0.15, 0.2) is 14.1 Å². The summed E-state index contributed by atoms with van der Waals surface area (Å²) >= 11 is -1.35. The summed E-state index contributed by atoms with van der Waals surface area (Å²) in [5.41, 5.74) is 3.16. The molecule has 2 aromatic heterocycles. The SMILES string of the molecule is CN1C(=O)c2cccc(OC(F)F)c2[C@H]2C[C@@H]1c1nc3ccc(-c4cnc(C5(N[S+]([O-])C(C)(C)C)CC(C)(CO[Si](C)(C)C(C)(C)C)C5)nc4)cc3n12. The standard InChI is InChI=1S/C39H50F2N6O4SSi/c1-36(2,3)52(49)45-39(20-38(7,21-39)22-50-53(9,10)37(4,5)6)34-42-18-24(19-43-34)23-14-15-26-27(16-23)47-28-17-29(32(47)44-26)46(8)33(48)25-12-11-13-30(31(25)28)51-35(40)41/h11-16,18-19,28-29,35,45H,17,20-22H2,1-10H3/t28-,29-,38?,39?,52?/m1/s1. The van der Waals surface area contributed by atoms with Gasteiger partial charge in [0.1, 0.15) is 21.9 Å². The van der Waals surface area contributed by atoms with Crippen LogP contribution in [0.25, 0.3) is 22.2 Å². The van der Waals surface area contributed by atoms with E-state index in [-0.39, 0.29) is 28.2 Å². The lowest BCUT2D eigenvalue weighted by Gasteiger charge is -2.54. The van der Waals surface area contributed by atoms with Gasteiger partial charge in [-0.1, -0.05) is 39.8 Å². The van der Waals surface area contributed by atoms with Gasteiger partial charge in [0.25, 0.3) is 5.91 Å². The van der Waals surface area contributed by atoms with Gasteiger partial charge in [-0.2, -0.15) is 8.78 Å². The predicted octanol–water partition coefficient (Wildman–Crippen LogP) is 8.28. The number of ether oxygens (including phenoxy) is 1. The fourth-order valence-corrected chi connectivity index (χ4v) is 9.91. The van der Waals surface area contributed by atoms with Crippen molar-refractivity contribution < 1.29 is 27.3 Å². The van der Waals surface area contributed by atoms with E-state index in [0.29, 0.717) is 48.6 Å². The summed E-state index contributed by atoms with van der Waals surface area (Å²) in [6, 6.07) is 9.87. The highest BCUT2D eigenvalue weighted by Crippen LogP contribution is 2.55. The third-order valence-electron chi connectivity index (χ3n) is 11.7. The number of carbonyl (C=O) groups is 1. The van der Waals surface area contributed by atoms with Crippen LogP contribution in [0.2, 0.25) is 18.1 Å². The maximum absolute atomic E-state index is 13.6. The van der Waals surface area contributed by atoms with Crippen LogP contribution in [-0.4, -0.2) is 68.2 Å². The number of carbonyl (C=O) groups excluding carboxylic acids is 1. The van der Waals surface area contributed by atoms with Gasteiger partial charge in [0.05, 0.1) is 23.1 Å². The molecule has 4 heterocycles. The van der Waals surface area contributed by atoms with Crippen molar-refractivity contribution in [2.24, 2.45) is 5.41 Å². The number of hydrogen-bond acceptors (Lipinski definition) is 8. The molecule has 284 valence electrons. The molecule has 1 N–H and O–H groups in total. The lowest BCUT2D eigenvalue weighted by atomic mass is 9.58. The van der Waals surface area contributed by atoms with E-state index >= 15 is 0 Å². The number of halogens is 2. The Hall–Kier alpha value is -3.43. The van der Waals surface area contributed by atoms with Crippen LogP contribution in [-0.2, 0) is 21.3 Å². The monoisotopic (exact) mass is 764 g/mol. The van der Waals surface area contributed by atoms with Gasteiger partial charge < -0.3 is 23.2 Å². The van der Waals surface area contributed by atoms with Crippen LogP contribution < -0.4 is 9.46 Å². The smallest absolute Gasteiger partial charge is 0.387 e. The highest BCUT2D eigenvalue weighted by molar-refractivity contribution is 7.90. The number of alkyl halides is 2. The van der Waals surface area contributed by atoms with E-state index in [9.17, 15) is 18.1 Å². The molecule has 4 aromatic rings. The minimum absolute atomic E-state index is 0.00619. The van der Waals surface area contributed by atoms with E-state index < -0.39 is 42.6 Å². The summed E-state index contributed by atoms with van der Waals surface area (Å²) in [4.78, 5) is 29.9. The second-order valence-corrected chi connectivity index (χ2v) is 24.7. The Morgan fingerprint density at radius 3 is 2.36 bits per heavy atom. The number of nitrogens with zero attached hydrogens (tertiary/aromatic N) is 5. The first-order valence-electron chi connectivity index (χ1n) is 18.2. The highest BCUT2D eigenvalue weighted by atomic mass is 32.2. The van der Waals surface area contributed by atoms with E-state index in [1.165, 1.54) is 6.07 Å². The zero-order chi connectivity index (χ0) is 38.5. The van der Waals surface area contributed by atoms with Gasteiger partial charge in [-0.3, -0.25) is 4.79 Å². The molecule has 10 nitrogen and oxygen atoms in total. The van der Waals surface area contributed by atoms with Crippen molar-refractivity contribution in [1.29, 1.82) is 0 Å². The number of imidazole rings is 1. The van der Waals surface area contributed by atoms with Crippen molar-refractivity contribution in [3.63, 3.8) is 0 Å². The van der Waals surface area contributed by atoms with E-state index in [0.717, 1.165) is 22.2 Å². The summed E-state index contributed by atoms with van der Waals surface area (Å²) in [5, 5.41) is 0.0961. The highest BCUT2D eigenvalue weighted by Gasteiger charge is 2.59. The second kappa shape index (κ2) is 12.8. The number of amides is 1. The molecule has 2 aliphatic heterocycles. The molecule has 2 bridgehead atoms. The van der Waals surface area contributed by atoms with Crippen molar-refractivity contribution in [3.8, 4) is 16.9 Å². The van der Waals surface area contributed by atoms with Crippen LogP contribution in [0, 0.1) is 5.41 Å². The Bertz CT molecular complexity index is 2060. The molecular formula is C39H50F2N6O4SSi. The molecule has 53 heavy (non-hydrogen) atoms. The Labute approximate surface area is 314 Å². The lowest BCUT2D eigenvalue weighted by Crippen LogP contribution is -2.63. The van der Waals surface area contributed by atoms with Gasteiger partial charge in [-0.05, 0) is 87.0 Å². The first-order valence-corrected chi connectivity index (χ1v) is 22.2. The van der Waals surface area contributed by atoms with Gasteiger partial charge in [-0.25, -0.2) is 15.0 Å². The number of fused-ring (bicyclic) bond motifs is 9. The van der Waals surface area contributed by atoms with Crippen LogP contribution in [0.5, 0.6) is 5.75 Å². The minimum atomic E-state index is -3.03. The number of benzene rings is 2. The Morgan fingerprint density at radius 1 is 1.06 bits per heavy atom. The molecule has 0 spiro atoms. The van der Waals surface area contributed by atoms with Crippen molar-refractivity contribution in [1.82, 2.24) is 29.1 Å². The van der Waals surface area contributed by atoms with Crippen LogP contribution >= 0.6 is 0 Å². The van der Waals surface area contributed by atoms with E-state index in [1.807, 2.05) is 39.0 Å². The molecule has 1 unspecified atom stereocenters. The van der Waals surface area contributed by atoms with Crippen LogP contribution in [0.1, 0.15) is 107 Å². The average Bonchev–Trinajstić information content (AvgIpc) is 3.58. The quantitative estimate of drug-likeness (QED) is 0.134. The van der Waals surface area contributed by atoms with E-state index in [1.54, 1.807) is 36.5 Å². The minimum Gasteiger partial charge on any atom is -0.598 e. The molecule has 7 rings (SSSR count). The van der Waals surface area contributed by atoms with Crippen molar-refractivity contribution in [3.05, 3.63) is 71.6 Å². The molecular weight excluding hydrogens is 715 g/mol. The molecule has 1 amide bonds. The normalized spacial score (nSPS) is 24.9. The summed E-state index contributed by atoms with van der Waals surface area (Å²) < 4.78 is 57.3. The van der Waals surface area contributed by atoms with Crippen LogP contribution in [0.4, 0.5) is 8.78 Å². The predicted molar refractivity (Wildman–Crippen MR) is 205 cm³/mol. The molecule has 1 aliphatic carbocycles. The van der Waals surface area contributed by atoms with Crippen LogP contribution in [0.3, 0.4) is 0 Å². The molecule has 3 atom stereocenters. The van der Waals surface area contributed by atoms with E-state index in [4.69, 9.17) is 24.1 Å². The van der Waals surface area contributed by atoms with Gasteiger partial charge in [0, 0.05) is 60.5 Å². The van der Waals surface area contributed by atoms with Crippen molar-refractivity contribution >= 4 is 36.6 Å². The molecule has 3 aliphatic rings. The number of nitrogens with one attached hydrogen (secondary N) is 1. The molecule has 14 heteroatoms. The molecule has 1 fully saturated rings. The zero-order valence-electron chi connectivity index (χ0n) is 32.2. The molecule has 1 saturated carbocycles. The summed E-state index contributed by atoms with van der Waals surface area (Å²) in [6.45, 7) is 16.9. The fourth-order valence-electron chi connectivity index (χ4n) is 7.87. The van der Waals surface area contributed by atoms with Crippen molar-refractivity contribution in [2.75, 3.05) is 13.7 Å². The molecule has 0 saturated heterocycles. The lowest BCUT2D eigenvalue weighted by molar-refractivity contribution is -0.0507. The fraction of sp³-hybridized carbons (Fsp3) is 0.538. The van der Waals surface area contributed by atoms with E-state index in [2.05, 4.69) is 50.1 Å². The third-order valence-corrected chi connectivity index (χ3v) is 17.9. The first kappa shape index (κ1) is 37.9. The third kappa shape index (κ3) is 6.57. The second-order valence-electron chi connectivity index (χ2n) is 17.9. The van der Waals surface area contributed by atoms with Crippen molar-refractivity contribution in [2.45, 2.75) is 115 Å². The maximum atomic E-state index is 13.6. The van der Waals surface area contributed by atoms with Gasteiger partial charge in [0.2, 0.25) is 0 Å². The van der Waals surface area contributed by atoms with Gasteiger partial charge in [-0.15, -0.1) is 4.72 Å². The average molecular weight is 765 g/mol.